The molecule has 0 spiro atoms. The Bertz CT molecular complexity index is 712. The van der Waals surface area contributed by atoms with E-state index in [1.807, 2.05) is 23.1 Å². The van der Waals surface area contributed by atoms with Crippen molar-refractivity contribution in [3.8, 4) is 0 Å². The maximum Gasteiger partial charge on any atom is 0.222 e. The molecule has 1 atom stereocenters. The maximum atomic E-state index is 12.4. The second-order valence-electron chi connectivity index (χ2n) is 7.03. The topological polar surface area (TPSA) is 49.6 Å². The summed E-state index contributed by atoms with van der Waals surface area (Å²) in [5.41, 5.74) is 8.02. The molecule has 1 unspecified atom stereocenters. The van der Waals surface area contributed by atoms with Gasteiger partial charge in [0, 0.05) is 37.6 Å². The van der Waals surface area contributed by atoms with Crippen molar-refractivity contribution in [2.75, 3.05) is 32.7 Å². The van der Waals surface area contributed by atoms with Crippen molar-refractivity contribution >= 4 is 17.5 Å². The predicted molar refractivity (Wildman–Crippen MR) is 111 cm³/mol. The summed E-state index contributed by atoms with van der Waals surface area (Å²) in [4.78, 5) is 16.8. The van der Waals surface area contributed by atoms with Crippen LogP contribution in [0.5, 0.6) is 0 Å². The lowest BCUT2D eigenvalue weighted by Gasteiger charge is -2.40. The van der Waals surface area contributed by atoms with Gasteiger partial charge in [-0.05, 0) is 42.6 Å². The molecular formula is C22H28ClN3O. The molecule has 4 nitrogen and oxygen atoms in total. The number of hydrogen-bond acceptors (Lipinski definition) is 3. The van der Waals surface area contributed by atoms with E-state index in [-0.39, 0.29) is 11.9 Å². The zero-order valence-corrected chi connectivity index (χ0v) is 16.4. The van der Waals surface area contributed by atoms with Gasteiger partial charge in [-0.1, -0.05) is 54.1 Å². The number of carbonyl (C=O) groups is 1. The van der Waals surface area contributed by atoms with E-state index in [1.165, 1.54) is 11.1 Å². The van der Waals surface area contributed by atoms with Gasteiger partial charge in [0.25, 0.3) is 0 Å². The maximum absolute atomic E-state index is 12.4. The Labute approximate surface area is 166 Å². The summed E-state index contributed by atoms with van der Waals surface area (Å²) in [6, 6.07) is 18.8. The smallest absolute Gasteiger partial charge is 0.222 e. The molecule has 0 radical (unpaired) electrons. The number of nitrogens with zero attached hydrogens (tertiary/aromatic N) is 2. The van der Waals surface area contributed by atoms with Crippen LogP contribution in [0, 0.1) is 0 Å². The van der Waals surface area contributed by atoms with Crippen LogP contribution in [0.25, 0.3) is 0 Å². The molecule has 2 N–H and O–H groups in total. The highest BCUT2D eigenvalue weighted by Crippen LogP contribution is 2.30. The average molecular weight is 386 g/mol. The third-order valence-electron chi connectivity index (χ3n) is 5.18. The van der Waals surface area contributed by atoms with Crippen molar-refractivity contribution in [3.05, 3.63) is 70.7 Å². The quantitative estimate of drug-likeness (QED) is 0.739. The zero-order chi connectivity index (χ0) is 19.1. The van der Waals surface area contributed by atoms with Crippen LogP contribution in [0.1, 0.15) is 36.4 Å². The normalized spacial score (nSPS) is 16.3. The number of rotatable bonds is 7. The standard InChI is InChI=1S/C22H28ClN3O/c23-20-11-9-19(10-12-20)22(18-6-2-1-3-7-18)26-16-14-25(15-17-26)21(27)8-4-5-13-24/h1-3,6-7,9-12,22H,4-5,8,13-17,24H2. The van der Waals surface area contributed by atoms with Gasteiger partial charge in [-0.25, -0.2) is 0 Å². The van der Waals surface area contributed by atoms with Gasteiger partial charge in [0.15, 0.2) is 0 Å². The van der Waals surface area contributed by atoms with Crippen molar-refractivity contribution in [2.24, 2.45) is 5.73 Å². The Morgan fingerprint density at radius 1 is 0.926 bits per heavy atom. The fraction of sp³-hybridized carbons (Fsp3) is 0.409. The molecule has 0 saturated carbocycles. The lowest BCUT2D eigenvalue weighted by Crippen LogP contribution is -2.49. The molecule has 1 saturated heterocycles. The molecule has 1 amide bonds. The molecule has 27 heavy (non-hydrogen) atoms. The minimum absolute atomic E-state index is 0.179. The van der Waals surface area contributed by atoms with Crippen LogP contribution in [0.2, 0.25) is 5.02 Å². The number of amides is 1. The minimum atomic E-state index is 0.179. The van der Waals surface area contributed by atoms with Gasteiger partial charge < -0.3 is 10.6 Å². The number of hydrogen-bond donors (Lipinski definition) is 1. The summed E-state index contributed by atoms with van der Waals surface area (Å²) < 4.78 is 0. The molecule has 5 heteroatoms. The third kappa shape index (κ3) is 5.32. The highest BCUT2D eigenvalue weighted by Gasteiger charge is 2.27. The molecule has 1 fully saturated rings. The molecule has 0 aromatic heterocycles. The van der Waals surface area contributed by atoms with Crippen molar-refractivity contribution in [1.29, 1.82) is 0 Å². The van der Waals surface area contributed by atoms with E-state index in [0.717, 1.165) is 44.0 Å². The van der Waals surface area contributed by atoms with E-state index in [2.05, 4.69) is 41.3 Å². The summed E-state index contributed by atoms with van der Waals surface area (Å²) in [5, 5.41) is 0.749. The van der Waals surface area contributed by atoms with Crippen LogP contribution in [-0.4, -0.2) is 48.4 Å². The van der Waals surface area contributed by atoms with Gasteiger partial charge in [-0.15, -0.1) is 0 Å². The Kier molecular flexibility index (Phi) is 7.27. The van der Waals surface area contributed by atoms with E-state index < -0.39 is 0 Å². The van der Waals surface area contributed by atoms with Crippen molar-refractivity contribution in [1.82, 2.24) is 9.80 Å². The number of unbranched alkanes of at least 4 members (excludes halogenated alkanes) is 1. The van der Waals surface area contributed by atoms with Gasteiger partial charge in [-0.3, -0.25) is 9.69 Å². The van der Waals surface area contributed by atoms with E-state index in [0.29, 0.717) is 13.0 Å². The van der Waals surface area contributed by atoms with Crippen LogP contribution in [0.4, 0.5) is 0 Å². The zero-order valence-electron chi connectivity index (χ0n) is 15.7. The van der Waals surface area contributed by atoms with Crippen LogP contribution >= 0.6 is 11.6 Å². The Hall–Kier alpha value is -1.88. The molecule has 1 aliphatic heterocycles. The average Bonchev–Trinajstić information content (AvgIpc) is 2.71. The highest BCUT2D eigenvalue weighted by molar-refractivity contribution is 6.30. The first kappa shape index (κ1) is 19.9. The Morgan fingerprint density at radius 3 is 2.19 bits per heavy atom. The number of carbonyl (C=O) groups excluding carboxylic acids is 1. The first-order chi connectivity index (χ1) is 13.2. The summed E-state index contributed by atoms with van der Waals surface area (Å²) in [7, 11) is 0. The van der Waals surface area contributed by atoms with Crippen LogP contribution in [-0.2, 0) is 4.79 Å². The molecular weight excluding hydrogens is 358 g/mol. The molecule has 1 aliphatic rings. The summed E-state index contributed by atoms with van der Waals surface area (Å²) in [6.45, 7) is 3.94. The van der Waals surface area contributed by atoms with Crippen molar-refractivity contribution in [2.45, 2.75) is 25.3 Å². The summed E-state index contributed by atoms with van der Waals surface area (Å²) in [6.07, 6.45) is 2.40. The molecule has 2 aromatic carbocycles. The first-order valence-corrected chi connectivity index (χ1v) is 10.1. The molecule has 1 heterocycles. The first-order valence-electron chi connectivity index (χ1n) is 9.71. The van der Waals surface area contributed by atoms with Crippen LogP contribution in [0.15, 0.2) is 54.6 Å². The van der Waals surface area contributed by atoms with Crippen molar-refractivity contribution < 1.29 is 4.79 Å². The van der Waals surface area contributed by atoms with E-state index in [1.54, 1.807) is 0 Å². The second-order valence-corrected chi connectivity index (χ2v) is 7.46. The minimum Gasteiger partial charge on any atom is -0.340 e. The number of nitrogens with two attached hydrogens (primary N) is 1. The van der Waals surface area contributed by atoms with E-state index >= 15 is 0 Å². The SMILES string of the molecule is NCCCCC(=O)N1CCN(C(c2ccccc2)c2ccc(Cl)cc2)CC1. The molecule has 0 bridgehead atoms. The fourth-order valence-corrected chi connectivity index (χ4v) is 3.83. The highest BCUT2D eigenvalue weighted by atomic mass is 35.5. The van der Waals surface area contributed by atoms with Crippen LogP contribution in [0.3, 0.4) is 0 Å². The second kappa shape index (κ2) is 9.88. The summed E-state index contributed by atoms with van der Waals surface area (Å²) >= 11 is 6.09. The van der Waals surface area contributed by atoms with Gasteiger partial charge >= 0.3 is 0 Å². The van der Waals surface area contributed by atoms with Gasteiger partial charge in [0.2, 0.25) is 5.91 Å². The molecule has 3 rings (SSSR count). The van der Waals surface area contributed by atoms with E-state index in [4.69, 9.17) is 17.3 Å². The largest absolute Gasteiger partial charge is 0.340 e. The van der Waals surface area contributed by atoms with Crippen molar-refractivity contribution in [3.63, 3.8) is 0 Å². The summed E-state index contributed by atoms with van der Waals surface area (Å²) in [5.74, 6) is 0.255. The van der Waals surface area contributed by atoms with Gasteiger partial charge in [0.05, 0.1) is 6.04 Å². The third-order valence-corrected chi connectivity index (χ3v) is 5.43. The lowest BCUT2D eigenvalue weighted by molar-refractivity contribution is -0.133. The molecule has 0 aliphatic carbocycles. The van der Waals surface area contributed by atoms with E-state index in [9.17, 15) is 4.79 Å². The van der Waals surface area contributed by atoms with Gasteiger partial charge in [0.1, 0.15) is 0 Å². The molecule has 144 valence electrons. The fourth-order valence-electron chi connectivity index (χ4n) is 3.70. The molecule has 2 aromatic rings. The Balaban J connectivity index is 1.70. The predicted octanol–water partition coefficient (Wildman–Crippen LogP) is 3.70. The number of benzene rings is 2. The number of piperazine rings is 1. The lowest BCUT2D eigenvalue weighted by atomic mass is 9.96. The van der Waals surface area contributed by atoms with Gasteiger partial charge in [-0.2, -0.15) is 0 Å². The van der Waals surface area contributed by atoms with Crippen LogP contribution < -0.4 is 5.73 Å². The monoisotopic (exact) mass is 385 g/mol. The Morgan fingerprint density at radius 2 is 1.56 bits per heavy atom. The number of halogens is 1.